The average molecular weight is 494 g/mol. The molecule has 0 aliphatic carbocycles. The molecule has 2 rings (SSSR count). The molecule has 2 heterocycles. The van der Waals surface area contributed by atoms with Crippen LogP contribution in [0.3, 0.4) is 0 Å². The summed E-state index contributed by atoms with van der Waals surface area (Å²) in [5.41, 5.74) is 0. The van der Waals surface area contributed by atoms with Crippen molar-refractivity contribution in [2.24, 2.45) is 5.92 Å². The first-order valence-corrected chi connectivity index (χ1v) is 10.5. The highest BCUT2D eigenvalue weighted by molar-refractivity contribution is 9.11. The van der Waals surface area contributed by atoms with Crippen molar-refractivity contribution in [3.8, 4) is 0 Å². The van der Waals surface area contributed by atoms with Gasteiger partial charge in [-0.25, -0.2) is 9.69 Å². The molecule has 1 fully saturated rings. The molecule has 0 aromatic rings. The number of imide groups is 1. The van der Waals surface area contributed by atoms with Gasteiger partial charge >= 0.3 is 6.09 Å². The van der Waals surface area contributed by atoms with E-state index in [1.165, 1.54) is 7.11 Å². The van der Waals surface area contributed by atoms with Crippen molar-refractivity contribution < 1.29 is 43.5 Å². The summed E-state index contributed by atoms with van der Waals surface area (Å²) >= 11 is 3.15. The highest BCUT2D eigenvalue weighted by atomic mass is 79.9. The van der Waals surface area contributed by atoms with Gasteiger partial charge in [0.1, 0.15) is 6.61 Å². The summed E-state index contributed by atoms with van der Waals surface area (Å²) < 4.78 is 21.2. The first-order chi connectivity index (χ1) is 14.2. The summed E-state index contributed by atoms with van der Waals surface area (Å²) in [7, 11) is 1.22. The number of ether oxygens (including phenoxy) is 4. The van der Waals surface area contributed by atoms with Gasteiger partial charge in [0.15, 0.2) is 23.8 Å². The van der Waals surface area contributed by atoms with E-state index in [1.807, 2.05) is 13.8 Å². The number of halogens is 1. The molecule has 2 aliphatic rings. The van der Waals surface area contributed by atoms with Crippen molar-refractivity contribution in [2.75, 3.05) is 33.5 Å². The summed E-state index contributed by atoms with van der Waals surface area (Å²) in [5, 5.41) is 19.6. The number of carbonyl (C=O) groups excluding carboxylic acids is 3. The zero-order valence-corrected chi connectivity index (χ0v) is 18.8. The van der Waals surface area contributed by atoms with Crippen LogP contribution in [0.2, 0.25) is 0 Å². The van der Waals surface area contributed by atoms with E-state index in [-0.39, 0.29) is 43.2 Å². The second-order valence-corrected chi connectivity index (χ2v) is 8.26. The molecule has 1 saturated heterocycles. The van der Waals surface area contributed by atoms with E-state index in [9.17, 15) is 19.5 Å². The molecule has 0 aromatic carbocycles. The average Bonchev–Trinajstić information content (AvgIpc) is 3.08. The number of rotatable bonds is 10. The number of ketones is 1. The van der Waals surface area contributed by atoms with Gasteiger partial charge < -0.3 is 29.2 Å². The Morgan fingerprint density at radius 1 is 1.40 bits per heavy atom. The van der Waals surface area contributed by atoms with Crippen LogP contribution in [-0.4, -0.2) is 90.5 Å². The Hall–Kier alpha value is -1.37. The Morgan fingerprint density at radius 3 is 2.70 bits per heavy atom. The van der Waals surface area contributed by atoms with Gasteiger partial charge in [-0.05, 0) is 34.3 Å². The van der Waals surface area contributed by atoms with E-state index in [1.54, 1.807) is 0 Å². The lowest BCUT2D eigenvalue weighted by molar-refractivity contribution is -0.227. The van der Waals surface area contributed by atoms with Crippen LogP contribution in [0, 0.1) is 5.92 Å². The summed E-state index contributed by atoms with van der Waals surface area (Å²) in [6.45, 7) is 4.05. The molecular weight excluding hydrogens is 466 g/mol. The molecule has 0 unspecified atom stereocenters. The van der Waals surface area contributed by atoms with Gasteiger partial charge in [0.05, 0.1) is 23.7 Å². The number of amides is 2. The van der Waals surface area contributed by atoms with Gasteiger partial charge in [0.2, 0.25) is 0 Å². The normalized spacial score (nSPS) is 28.0. The Bertz CT molecular complexity index is 683. The van der Waals surface area contributed by atoms with Crippen LogP contribution in [0.25, 0.3) is 0 Å². The number of hydrogen-bond acceptors (Lipinski definition) is 9. The molecule has 4 atom stereocenters. The smallest absolute Gasteiger partial charge is 0.417 e. The molecule has 2 amide bonds. The van der Waals surface area contributed by atoms with Gasteiger partial charge in [-0.3, -0.25) is 9.59 Å². The molecule has 11 heteroatoms. The van der Waals surface area contributed by atoms with Crippen LogP contribution >= 0.6 is 15.9 Å². The van der Waals surface area contributed by atoms with Crippen molar-refractivity contribution in [3.05, 3.63) is 10.6 Å². The summed E-state index contributed by atoms with van der Waals surface area (Å²) in [6, 6.07) is -0.494. The Labute approximate surface area is 183 Å². The molecule has 0 bridgehead atoms. The van der Waals surface area contributed by atoms with E-state index in [0.29, 0.717) is 6.42 Å². The molecule has 170 valence electrons. The molecule has 0 aromatic heterocycles. The summed E-state index contributed by atoms with van der Waals surface area (Å²) in [5.74, 6) is -3.29. The second kappa shape index (κ2) is 10.8. The van der Waals surface area contributed by atoms with E-state index >= 15 is 0 Å². The van der Waals surface area contributed by atoms with E-state index in [0.717, 1.165) is 11.0 Å². The number of hydrogen-bond donors (Lipinski definition) is 2. The third-order valence-electron chi connectivity index (χ3n) is 4.97. The Kier molecular flexibility index (Phi) is 8.95. The lowest BCUT2D eigenvalue weighted by atomic mass is 9.98. The standard InChI is InChI=1S/C19H28BrNO9/c1-11(2)12-10-29-18(25)21(12)17(24)16(27-3)15-13(23)9-14(20)19(26,30-15)5-4-7-28-8-6-22/h9,11-12,15-16,22,26H,4-8,10H2,1-3H3/t12-,15+,16+,19-/m1/s1. The van der Waals surface area contributed by atoms with Gasteiger partial charge in [0.25, 0.3) is 5.91 Å². The van der Waals surface area contributed by atoms with Gasteiger partial charge in [-0.2, -0.15) is 0 Å². The lowest BCUT2D eigenvalue weighted by Gasteiger charge is -2.38. The molecule has 10 nitrogen and oxygen atoms in total. The third kappa shape index (κ3) is 5.45. The van der Waals surface area contributed by atoms with Crippen molar-refractivity contribution in [1.29, 1.82) is 0 Å². The second-order valence-electron chi connectivity index (χ2n) is 7.41. The fourth-order valence-electron chi connectivity index (χ4n) is 3.29. The van der Waals surface area contributed by atoms with E-state index < -0.39 is 41.8 Å². The number of cyclic esters (lactones) is 1. The maximum atomic E-state index is 13.1. The predicted octanol–water partition coefficient (Wildman–Crippen LogP) is 0.729. The first-order valence-electron chi connectivity index (χ1n) is 9.69. The fourth-order valence-corrected chi connectivity index (χ4v) is 3.80. The van der Waals surface area contributed by atoms with Crippen molar-refractivity contribution in [1.82, 2.24) is 4.90 Å². The van der Waals surface area contributed by atoms with Crippen molar-refractivity contribution in [2.45, 2.75) is 50.7 Å². The number of carbonyl (C=O) groups is 3. The molecule has 0 radical (unpaired) electrons. The monoisotopic (exact) mass is 493 g/mol. The van der Waals surface area contributed by atoms with Gasteiger partial charge in [-0.1, -0.05) is 13.8 Å². The summed E-state index contributed by atoms with van der Waals surface area (Å²) in [4.78, 5) is 38.7. The Balaban J connectivity index is 2.17. The first kappa shape index (κ1) is 24.9. The van der Waals surface area contributed by atoms with Crippen LogP contribution < -0.4 is 0 Å². The van der Waals surface area contributed by atoms with Crippen molar-refractivity contribution >= 4 is 33.7 Å². The Morgan fingerprint density at radius 2 is 2.10 bits per heavy atom. The van der Waals surface area contributed by atoms with Crippen LogP contribution in [0.15, 0.2) is 10.6 Å². The minimum atomic E-state index is -1.87. The van der Waals surface area contributed by atoms with E-state index in [4.69, 9.17) is 24.1 Å². The quantitative estimate of drug-likeness (QED) is 0.422. The number of aliphatic hydroxyl groups is 2. The number of aliphatic hydroxyl groups excluding tert-OH is 1. The van der Waals surface area contributed by atoms with E-state index in [2.05, 4.69) is 15.9 Å². The highest BCUT2D eigenvalue weighted by Gasteiger charge is 2.50. The SMILES string of the molecule is CO[C@H](C(=O)N1C(=O)OC[C@@H]1C(C)C)[C@H]1O[C@](O)(CCCOCCO)C(Br)=CC1=O. The zero-order chi connectivity index (χ0) is 22.5. The third-order valence-corrected chi connectivity index (χ3v) is 5.82. The number of nitrogens with zero attached hydrogens (tertiary/aromatic N) is 1. The topological polar surface area (TPSA) is 132 Å². The lowest BCUT2D eigenvalue weighted by Crippen LogP contribution is -2.57. The van der Waals surface area contributed by atoms with Crippen molar-refractivity contribution in [3.63, 3.8) is 0 Å². The minimum Gasteiger partial charge on any atom is -0.447 e. The molecule has 0 saturated carbocycles. The zero-order valence-electron chi connectivity index (χ0n) is 17.2. The molecule has 30 heavy (non-hydrogen) atoms. The predicted molar refractivity (Wildman–Crippen MR) is 107 cm³/mol. The van der Waals surface area contributed by atoms with Crippen LogP contribution in [0.4, 0.5) is 4.79 Å². The molecule has 2 N–H and O–H groups in total. The fraction of sp³-hybridized carbons (Fsp3) is 0.737. The van der Waals surface area contributed by atoms with Gasteiger partial charge in [0, 0.05) is 20.1 Å². The maximum Gasteiger partial charge on any atom is 0.417 e. The molecule has 0 spiro atoms. The van der Waals surface area contributed by atoms with Crippen LogP contribution in [0.5, 0.6) is 0 Å². The molecular formula is C19H28BrNO9. The largest absolute Gasteiger partial charge is 0.447 e. The molecule has 2 aliphatic heterocycles. The maximum absolute atomic E-state index is 13.1. The number of methoxy groups -OCH3 is 1. The summed E-state index contributed by atoms with van der Waals surface area (Å²) in [6.07, 6.45) is -2.14. The van der Waals surface area contributed by atoms with Gasteiger partial charge in [-0.15, -0.1) is 0 Å². The minimum absolute atomic E-state index is 0.0569. The van der Waals surface area contributed by atoms with Crippen LogP contribution in [0.1, 0.15) is 26.7 Å². The highest BCUT2D eigenvalue weighted by Crippen LogP contribution is 2.36. The van der Waals surface area contributed by atoms with Crippen LogP contribution in [-0.2, 0) is 28.5 Å².